The van der Waals surface area contributed by atoms with Crippen LogP contribution in [-0.2, 0) is 16.1 Å². The Hall–Kier alpha value is -1.88. The quantitative estimate of drug-likeness (QED) is 0.627. The van der Waals surface area contributed by atoms with E-state index in [2.05, 4.69) is 20.9 Å². The van der Waals surface area contributed by atoms with E-state index in [4.69, 9.17) is 9.47 Å². The van der Waals surface area contributed by atoms with Crippen LogP contribution in [-0.4, -0.2) is 17.6 Å². The van der Waals surface area contributed by atoms with Crippen molar-refractivity contribution in [3.63, 3.8) is 0 Å². The Morgan fingerprint density at radius 2 is 1.95 bits per heavy atom. The van der Waals surface area contributed by atoms with E-state index in [1.807, 2.05) is 30.3 Å². The van der Waals surface area contributed by atoms with Crippen LogP contribution in [0.25, 0.3) is 0 Å². The van der Waals surface area contributed by atoms with Crippen LogP contribution in [0.1, 0.15) is 5.56 Å². The van der Waals surface area contributed by atoms with E-state index in [9.17, 15) is 4.79 Å². The first kappa shape index (κ1) is 13.5. The van der Waals surface area contributed by atoms with E-state index >= 15 is 0 Å². The third-order valence-corrected chi connectivity index (χ3v) is 2.77. The van der Waals surface area contributed by atoms with Crippen molar-refractivity contribution >= 4 is 21.9 Å². The predicted molar refractivity (Wildman–Crippen MR) is 73.7 cm³/mol. The van der Waals surface area contributed by atoms with Crippen molar-refractivity contribution in [3.05, 3.63) is 58.8 Å². The number of halogens is 1. The molecule has 4 nitrogen and oxygen atoms in total. The highest BCUT2D eigenvalue weighted by Gasteiger charge is 2.05. The topological polar surface area (TPSA) is 48.4 Å². The normalized spacial score (nSPS) is 9.95. The smallest absolute Gasteiger partial charge is 0.344 e. The molecule has 1 aromatic carbocycles. The highest BCUT2D eigenvalue weighted by molar-refractivity contribution is 9.10. The number of nitrogens with zero attached hydrogens (tertiary/aromatic N) is 1. The number of hydrogen-bond acceptors (Lipinski definition) is 4. The molecule has 0 fully saturated rings. The van der Waals surface area contributed by atoms with Gasteiger partial charge in [-0.25, -0.2) is 9.78 Å². The molecule has 0 saturated carbocycles. The average Bonchev–Trinajstić information content (AvgIpc) is 2.45. The molecule has 0 atom stereocenters. The van der Waals surface area contributed by atoms with E-state index in [1.54, 1.807) is 12.1 Å². The molecule has 0 radical (unpaired) electrons. The molecular formula is C14H12BrNO3. The number of carbonyl (C=O) groups is 1. The lowest BCUT2D eigenvalue weighted by atomic mass is 10.2. The van der Waals surface area contributed by atoms with Crippen LogP contribution in [0.5, 0.6) is 5.75 Å². The van der Waals surface area contributed by atoms with Crippen LogP contribution >= 0.6 is 15.9 Å². The summed E-state index contributed by atoms with van der Waals surface area (Å²) in [6, 6.07) is 13.0. The van der Waals surface area contributed by atoms with Gasteiger partial charge >= 0.3 is 5.97 Å². The zero-order chi connectivity index (χ0) is 13.5. The van der Waals surface area contributed by atoms with Crippen molar-refractivity contribution in [2.24, 2.45) is 0 Å². The van der Waals surface area contributed by atoms with E-state index in [1.165, 1.54) is 6.20 Å². The molecule has 0 N–H and O–H groups in total. The molecule has 0 aliphatic rings. The van der Waals surface area contributed by atoms with Crippen molar-refractivity contribution in [2.75, 3.05) is 6.61 Å². The van der Waals surface area contributed by atoms with E-state index in [0.29, 0.717) is 10.4 Å². The molecule has 0 unspecified atom stereocenters. The van der Waals surface area contributed by atoms with Gasteiger partial charge in [-0.05, 0) is 33.6 Å². The summed E-state index contributed by atoms with van der Waals surface area (Å²) < 4.78 is 11.0. The largest absolute Gasteiger partial charge is 0.480 e. The number of benzene rings is 1. The molecule has 0 aliphatic heterocycles. The fourth-order valence-corrected chi connectivity index (χ4v) is 1.60. The van der Waals surface area contributed by atoms with Crippen molar-refractivity contribution < 1.29 is 14.3 Å². The van der Waals surface area contributed by atoms with Gasteiger partial charge in [0.1, 0.15) is 17.0 Å². The summed E-state index contributed by atoms with van der Waals surface area (Å²) in [7, 11) is 0. The average molecular weight is 322 g/mol. The van der Waals surface area contributed by atoms with Crippen LogP contribution < -0.4 is 4.74 Å². The minimum absolute atomic E-state index is 0.129. The van der Waals surface area contributed by atoms with Crippen LogP contribution in [0, 0.1) is 0 Å². The summed E-state index contributed by atoms with van der Waals surface area (Å²) in [5, 5.41) is 0. The van der Waals surface area contributed by atoms with Gasteiger partial charge < -0.3 is 9.47 Å². The predicted octanol–water partition coefficient (Wildman–Crippen LogP) is 2.97. The molecule has 2 rings (SSSR count). The second-order valence-corrected chi connectivity index (χ2v) is 4.56. The van der Waals surface area contributed by atoms with Crippen LogP contribution in [0.4, 0.5) is 0 Å². The number of rotatable bonds is 5. The number of pyridine rings is 1. The fourth-order valence-electron chi connectivity index (χ4n) is 1.37. The van der Waals surface area contributed by atoms with Gasteiger partial charge in [0.25, 0.3) is 0 Å². The maximum Gasteiger partial charge on any atom is 0.344 e. The van der Waals surface area contributed by atoms with Gasteiger partial charge in [0.05, 0.1) is 6.20 Å². The van der Waals surface area contributed by atoms with Gasteiger partial charge in [-0.15, -0.1) is 0 Å². The third kappa shape index (κ3) is 4.71. The van der Waals surface area contributed by atoms with E-state index in [0.717, 1.165) is 5.56 Å². The van der Waals surface area contributed by atoms with Crippen molar-refractivity contribution in [3.8, 4) is 5.75 Å². The molecule has 0 spiro atoms. The Balaban J connectivity index is 1.74. The molecule has 0 aliphatic carbocycles. The molecule has 98 valence electrons. The standard InChI is InChI=1S/C14H12BrNO3/c15-13-7-6-12(8-16-13)18-10-14(17)19-9-11-4-2-1-3-5-11/h1-8H,9-10H2. The minimum atomic E-state index is -0.410. The first-order chi connectivity index (χ1) is 9.24. The fraction of sp³-hybridized carbons (Fsp3) is 0.143. The number of aromatic nitrogens is 1. The van der Waals surface area contributed by atoms with E-state index < -0.39 is 5.97 Å². The highest BCUT2D eigenvalue weighted by Crippen LogP contribution is 2.12. The Morgan fingerprint density at radius 3 is 2.63 bits per heavy atom. The Morgan fingerprint density at radius 1 is 1.16 bits per heavy atom. The van der Waals surface area contributed by atoms with Gasteiger partial charge in [0.15, 0.2) is 6.61 Å². The molecule has 1 aromatic heterocycles. The maximum atomic E-state index is 11.5. The zero-order valence-corrected chi connectivity index (χ0v) is 11.7. The Labute approximate surface area is 119 Å². The Bertz CT molecular complexity index is 528. The summed E-state index contributed by atoms with van der Waals surface area (Å²) in [6.07, 6.45) is 1.54. The lowest BCUT2D eigenvalue weighted by molar-refractivity contribution is -0.147. The first-order valence-corrected chi connectivity index (χ1v) is 6.47. The highest BCUT2D eigenvalue weighted by atomic mass is 79.9. The summed E-state index contributed by atoms with van der Waals surface area (Å²) in [5.74, 6) is 0.117. The van der Waals surface area contributed by atoms with E-state index in [-0.39, 0.29) is 13.2 Å². The SMILES string of the molecule is O=C(COc1ccc(Br)nc1)OCc1ccccc1. The number of ether oxygens (including phenoxy) is 2. The van der Waals surface area contributed by atoms with Gasteiger partial charge in [0, 0.05) is 0 Å². The number of hydrogen-bond donors (Lipinski definition) is 0. The molecule has 0 saturated heterocycles. The minimum Gasteiger partial charge on any atom is -0.480 e. The molecule has 1 heterocycles. The summed E-state index contributed by atoms with van der Waals surface area (Å²) in [4.78, 5) is 15.5. The molecule has 0 amide bonds. The summed E-state index contributed by atoms with van der Waals surface area (Å²) in [5.41, 5.74) is 0.946. The number of carbonyl (C=O) groups excluding carboxylic acids is 1. The lowest BCUT2D eigenvalue weighted by Crippen LogP contribution is -2.14. The van der Waals surface area contributed by atoms with Crippen LogP contribution in [0.3, 0.4) is 0 Å². The van der Waals surface area contributed by atoms with Crippen LogP contribution in [0.2, 0.25) is 0 Å². The first-order valence-electron chi connectivity index (χ1n) is 5.68. The van der Waals surface area contributed by atoms with Crippen molar-refractivity contribution in [2.45, 2.75) is 6.61 Å². The molecule has 19 heavy (non-hydrogen) atoms. The second kappa shape index (κ2) is 6.89. The van der Waals surface area contributed by atoms with Gasteiger partial charge in [-0.3, -0.25) is 0 Å². The second-order valence-electron chi connectivity index (χ2n) is 3.75. The number of esters is 1. The third-order valence-electron chi connectivity index (χ3n) is 2.30. The maximum absolute atomic E-state index is 11.5. The van der Waals surface area contributed by atoms with Gasteiger partial charge in [-0.1, -0.05) is 30.3 Å². The van der Waals surface area contributed by atoms with Gasteiger partial charge in [-0.2, -0.15) is 0 Å². The molecular weight excluding hydrogens is 310 g/mol. The van der Waals surface area contributed by atoms with Crippen molar-refractivity contribution in [1.29, 1.82) is 0 Å². The molecule has 0 bridgehead atoms. The summed E-state index contributed by atoms with van der Waals surface area (Å²) >= 11 is 3.22. The summed E-state index contributed by atoms with van der Waals surface area (Å²) in [6.45, 7) is 0.123. The molecule has 5 heteroatoms. The van der Waals surface area contributed by atoms with Gasteiger partial charge in [0.2, 0.25) is 0 Å². The Kier molecular flexibility index (Phi) is 4.92. The monoisotopic (exact) mass is 321 g/mol. The van der Waals surface area contributed by atoms with Crippen LogP contribution in [0.15, 0.2) is 53.3 Å². The van der Waals surface area contributed by atoms with Crippen molar-refractivity contribution in [1.82, 2.24) is 4.98 Å². The zero-order valence-electron chi connectivity index (χ0n) is 10.1. The lowest BCUT2D eigenvalue weighted by Gasteiger charge is -2.06. The molecule has 2 aromatic rings.